The lowest BCUT2D eigenvalue weighted by Crippen LogP contribution is -2.39. The van der Waals surface area contributed by atoms with Crippen LogP contribution in [-0.2, 0) is 41.4 Å². The van der Waals surface area contributed by atoms with Crippen molar-refractivity contribution in [3.05, 3.63) is 45.8 Å². The molecule has 3 saturated heterocycles. The second-order valence-electron chi connectivity index (χ2n) is 9.50. The summed E-state index contributed by atoms with van der Waals surface area (Å²) < 4.78 is 80.2. The quantitative estimate of drug-likeness (QED) is 0.287. The number of anilines is 1. The van der Waals surface area contributed by atoms with Crippen LogP contribution in [0.25, 0.3) is 11.2 Å². The van der Waals surface area contributed by atoms with Crippen LogP contribution in [0.5, 0.6) is 0 Å². The molecule has 23 heteroatoms. The van der Waals surface area contributed by atoms with Gasteiger partial charge in [0.2, 0.25) is 0 Å². The average molecular weight is 649 g/mol. The SMILES string of the molecule is CO[C@@H]1[C@@H]2OP(=O)([O-])OC[C@H]3O[C@@H](n4ccc(=O)[nH]c4=O)[C@H](OP(=O)([O-])OC[C@H]2O[C@H]1n1cnc2c(N)ncnc21)[C@@H]3F. The lowest BCUT2D eigenvalue weighted by Gasteiger charge is -2.32. The molecule has 3 aliphatic heterocycles. The van der Waals surface area contributed by atoms with E-state index < -0.39 is 89.3 Å². The first-order chi connectivity index (χ1) is 20.4. The highest BCUT2D eigenvalue weighted by molar-refractivity contribution is 7.46. The Balaban J connectivity index is 1.33. The summed E-state index contributed by atoms with van der Waals surface area (Å²) in [4.78, 5) is 63.7. The van der Waals surface area contributed by atoms with Gasteiger partial charge in [0, 0.05) is 19.4 Å². The number of phosphoric ester groups is 2. The minimum atomic E-state index is -5.43. The third-order valence-electron chi connectivity index (χ3n) is 6.90. The van der Waals surface area contributed by atoms with Crippen LogP contribution in [0.2, 0.25) is 0 Å². The maximum absolute atomic E-state index is 15.4. The highest BCUT2D eigenvalue weighted by Crippen LogP contribution is 2.51. The first-order valence-corrected chi connectivity index (χ1v) is 15.3. The van der Waals surface area contributed by atoms with Gasteiger partial charge in [0.05, 0.1) is 19.5 Å². The zero-order valence-corrected chi connectivity index (χ0v) is 23.5. The number of hydrogen-bond donors (Lipinski definition) is 2. The molecule has 6 heterocycles. The summed E-state index contributed by atoms with van der Waals surface area (Å²) in [6.45, 7) is -1.91. The number of methoxy groups -OCH3 is 1. The predicted molar refractivity (Wildman–Crippen MR) is 131 cm³/mol. The van der Waals surface area contributed by atoms with Crippen LogP contribution in [0.4, 0.5) is 10.2 Å². The third kappa shape index (κ3) is 5.69. The van der Waals surface area contributed by atoms with E-state index in [-0.39, 0.29) is 17.0 Å². The molecule has 0 amide bonds. The van der Waals surface area contributed by atoms with E-state index in [1.165, 1.54) is 18.0 Å². The molecular weight excluding hydrogens is 627 g/mol. The lowest BCUT2D eigenvalue weighted by atomic mass is 10.1. The van der Waals surface area contributed by atoms with Gasteiger partial charge >= 0.3 is 5.69 Å². The largest absolute Gasteiger partial charge is 0.756 e. The van der Waals surface area contributed by atoms with Crippen LogP contribution >= 0.6 is 15.6 Å². The van der Waals surface area contributed by atoms with E-state index in [4.69, 9.17) is 38.0 Å². The van der Waals surface area contributed by atoms with Gasteiger partial charge in [-0.15, -0.1) is 0 Å². The second-order valence-corrected chi connectivity index (χ2v) is 12.2. The van der Waals surface area contributed by atoms with Crippen molar-refractivity contribution in [1.82, 2.24) is 29.1 Å². The number of hydrogen-bond acceptors (Lipinski definition) is 17. The molecule has 0 saturated carbocycles. The van der Waals surface area contributed by atoms with Gasteiger partial charge in [-0.3, -0.25) is 28.0 Å². The normalized spacial score (nSPS) is 38.7. The van der Waals surface area contributed by atoms with Crippen molar-refractivity contribution in [2.75, 3.05) is 26.1 Å². The molecule has 20 nitrogen and oxygen atoms in total. The van der Waals surface area contributed by atoms with E-state index in [2.05, 4.69) is 15.0 Å². The van der Waals surface area contributed by atoms with Crippen LogP contribution in [-0.4, -0.2) is 86.1 Å². The number of rotatable bonds is 3. The van der Waals surface area contributed by atoms with Crippen molar-refractivity contribution in [1.29, 1.82) is 0 Å². The van der Waals surface area contributed by atoms with Gasteiger partial charge in [0.1, 0.15) is 42.4 Å². The van der Waals surface area contributed by atoms with E-state index in [1.54, 1.807) is 0 Å². The standard InChI is InChI=1S/C20H24FN7O13P2/c1-35-15-13-9(39-19(15)28-7-25-12-16(22)23-6-24-17(12)28)5-37-43(33,34)41-14-11(21)8(4-36-42(31,32)40-13)38-18(14)27-3-2-10(29)26-20(27)30/h2-3,6-9,11,13-15,18-19H,4-5H2,1H3,(H,31,32)(H,33,34)(H2,22,23,24)(H,26,29,30)/p-2/t8-,9-,11-,13-,14-,15-,18-,19-/m1/s1. The fourth-order valence-electron chi connectivity index (χ4n) is 4.98. The zero-order chi connectivity index (χ0) is 30.7. The summed E-state index contributed by atoms with van der Waals surface area (Å²) in [5.74, 6) is 0.0465. The molecule has 43 heavy (non-hydrogen) atoms. The molecule has 0 radical (unpaired) electrons. The zero-order valence-electron chi connectivity index (χ0n) is 21.7. The van der Waals surface area contributed by atoms with Gasteiger partial charge in [-0.05, 0) is 0 Å². The molecule has 0 spiro atoms. The summed E-state index contributed by atoms with van der Waals surface area (Å²) in [5, 5.41) is 0. The maximum atomic E-state index is 15.4. The molecule has 3 aliphatic rings. The molecule has 10 atom stereocenters. The number of nitrogens with zero attached hydrogens (tertiary/aromatic N) is 5. The molecule has 3 aromatic rings. The molecule has 3 N–H and O–H groups in total. The van der Waals surface area contributed by atoms with Crippen LogP contribution in [0.3, 0.4) is 0 Å². The maximum Gasteiger partial charge on any atom is 0.330 e. The van der Waals surface area contributed by atoms with Crippen molar-refractivity contribution in [3.63, 3.8) is 0 Å². The van der Waals surface area contributed by atoms with Gasteiger partial charge in [-0.2, -0.15) is 0 Å². The number of nitrogens with two attached hydrogens (primary N) is 1. The molecule has 3 fully saturated rings. The Morgan fingerprint density at radius 2 is 1.70 bits per heavy atom. The van der Waals surface area contributed by atoms with Crippen LogP contribution < -0.4 is 26.8 Å². The first kappa shape index (κ1) is 30.1. The number of H-pyrrole nitrogens is 1. The Hall–Kier alpha value is -2.94. The number of alkyl halides is 1. The smallest absolute Gasteiger partial charge is 0.330 e. The van der Waals surface area contributed by atoms with E-state index >= 15 is 4.39 Å². The Labute approximate surface area is 238 Å². The number of halogens is 1. The molecule has 0 aliphatic carbocycles. The van der Waals surface area contributed by atoms with Gasteiger partial charge in [-0.25, -0.2) is 24.1 Å². The van der Waals surface area contributed by atoms with Crippen LogP contribution in [0, 0.1) is 0 Å². The monoisotopic (exact) mass is 649 g/mol. The van der Waals surface area contributed by atoms with E-state index in [0.29, 0.717) is 4.57 Å². The lowest BCUT2D eigenvalue weighted by molar-refractivity contribution is -0.240. The first-order valence-electron chi connectivity index (χ1n) is 12.4. The topological polar surface area (TPSA) is 269 Å². The number of aromatic amines is 1. The predicted octanol–water partition coefficient (Wildman–Crippen LogP) is -2.14. The fourth-order valence-corrected chi connectivity index (χ4v) is 6.84. The molecule has 3 aromatic heterocycles. The third-order valence-corrected chi connectivity index (χ3v) is 8.84. The summed E-state index contributed by atoms with van der Waals surface area (Å²) >= 11 is 0. The fraction of sp³-hybridized carbons (Fsp3) is 0.550. The van der Waals surface area contributed by atoms with Crippen molar-refractivity contribution < 1.29 is 55.6 Å². The van der Waals surface area contributed by atoms with Gasteiger partial charge in [0.15, 0.2) is 30.1 Å². The average Bonchev–Trinajstić information content (AvgIpc) is 3.60. The van der Waals surface area contributed by atoms with Gasteiger partial charge in [0.25, 0.3) is 21.2 Å². The summed E-state index contributed by atoms with van der Waals surface area (Å²) in [7, 11) is -9.53. The van der Waals surface area contributed by atoms with Crippen LogP contribution in [0.15, 0.2) is 34.5 Å². The van der Waals surface area contributed by atoms with Crippen molar-refractivity contribution in [3.8, 4) is 0 Å². The van der Waals surface area contributed by atoms with Crippen molar-refractivity contribution >= 4 is 32.6 Å². The summed E-state index contributed by atoms with van der Waals surface area (Å²) in [6.07, 6.45) is -10.1. The minimum absolute atomic E-state index is 0.0465. The molecule has 2 unspecified atom stereocenters. The number of imidazole rings is 1. The highest BCUT2D eigenvalue weighted by atomic mass is 31.2. The minimum Gasteiger partial charge on any atom is -0.756 e. The Bertz CT molecular complexity index is 1740. The summed E-state index contributed by atoms with van der Waals surface area (Å²) in [6, 6.07) is 0.897. The highest BCUT2D eigenvalue weighted by Gasteiger charge is 2.52. The van der Waals surface area contributed by atoms with E-state index in [1.807, 2.05) is 4.98 Å². The Kier molecular flexibility index (Phi) is 7.84. The van der Waals surface area contributed by atoms with Crippen molar-refractivity contribution in [2.45, 2.75) is 49.1 Å². The number of fused-ring (bicyclic) bond motifs is 4. The Morgan fingerprint density at radius 3 is 2.40 bits per heavy atom. The van der Waals surface area contributed by atoms with Crippen molar-refractivity contribution in [2.24, 2.45) is 0 Å². The summed E-state index contributed by atoms with van der Waals surface area (Å²) in [5.41, 5.74) is 4.34. The van der Waals surface area contributed by atoms with Crippen LogP contribution in [0.1, 0.15) is 12.5 Å². The number of phosphoric acid groups is 2. The molecule has 2 bridgehead atoms. The Morgan fingerprint density at radius 1 is 1.02 bits per heavy atom. The molecule has 234 valence electrons. The molecule has 0 aromatic carbocycles. The van der Waals surface area contributed by atoms with E-state index in [0.717, 1.165) is 18.6 Å². The molecular formula is C20H22FN7O13P2-2. The number of aromatic nitrogens is 6. The van der Waals surface area contributed by atoms with E-state index in [9.17, 15) is 28.5 Å². The second kappa shape index (κ2) is 11.2. The van der Waals surface area contributed by atoms with Gasteiger partial charge in [-0.1, -0.05) is 0 Å². The number of nitrogens with one attached hydrogen (secondary N) is 1. The van der Waals surface area contributed by atoms with Gasteiger partial charge < -0.3 is 47.8 Å². The number of nitrogen functional groups attached to an aromatic ring is 1. The molecule has 6 rings (SSSR count). The number of ether oxygens (including phenoxy) is 3.